The highest BCUT2D eigenvalue weighted by atomic mass is 16.4. The molecule has 0 aromatic carbocycles. The minimum Gasteiger partial charge on any atom is -0.473 e. The van der Waals surface area contributed by atoms with Crippen molar-refractivity contribution in [1.29, 1.82) is 0 Å². The lowest BCUT2D eigenvalue weighted by molar-refractivity contribution is -0.159. The minimum atomic E-state index is -1.82. The van der Waals surface area contributed by atoms with Crippen LogP contribution in [-0.4, -0.2) is 63.0 Å². The van der Waals surface area contributed by atoms with Crippen LogP contribution in [-0.2, 0) is 9.59 Å². The third-order valence-corrected chi connectivity index (χ3v) is 4.92. The van der Waals surface area contributed by atoms with Crippen LogP contribution in [0.4, 0.5) is 5.82 Å². The maximum Gasteiger partial charge on any atom is 0.414 e. The zero-order valence-electron chi connectivity index (χ0n) is 15.3. The molecule has 1 aliphatic carbocycles. The van der Waals surface area contributed by atoms with Gasteiger partial charge >= 0.3 is 11.9 Å². The summed E-state index contributed by atoms with van der Waals surface area (Å²) in [5, 5.41) is 23.0. The molecule has 2 fully saturated rings. The van der Waals surface area contributed by atoms with Crippen molar-refractivity contribution in [3.05, 3.63) is 12.3 Å². The Labute approximate surface area is 154 Å². The summed E-state index contributed by atoms with van der Waals surface area (Å²) in [7, 11) is 0. The zero-order valence-corrected chi connectivity index (χ0v) is 15.3. The van der Waals surface area contributed by atoms with Gasteiger partial charge in [0.25, 0.3) is 0 Å². The molecule has 3 N–H and O–H groups in total. The van der Waals surface area contributed by atoms with Crippen molar-refractivity contribution in [2.75, 3.05) is 31.5 Å². The fourth-order valence-corrected chi connectivity index (χ4v) is 3.51. The van der Waals surface area contributed by atoms with Crippen molar-refractivity contribution in [1.82, 2.24) is 14.7 Å². The summed E-state index contributed by atoms with van der Waals surface area (Å²) in [6.45, 7) is 4.72. The van der Waals surface area contributed by atoms with Crippen LogP contribution in [0, 0.1) is 0 Å². The SMILES string of the molecule is O=C(O)C(=O)O.c1cn(C2CCCCC2)nc1NCCN1CCCCC1. The van der Waals surface area contributed by atoms with Gasteiger partial charge in [0, 0.05) is 25.4 Å². The van der Waals surface area contributed by atoms with Gasteiger partial charge in [0.05, 0.1) is 6.04 Å². The number of hydrogen-bond acceptors (Lipinski definition) is 5. The Bertz CT molecular complexity index is 551. The highest BCUT2D eigenvalue weighted by Crippen LogP contribution is 2.27. The van der Waals surface area contributed by atoms with Gasteiger partial charge < -0.3 is 20.4 Å². The van der Waals surface area contributed by atoms with Crippen LogP contribution in [0.15, 0.2) is 12.3 Å². The van der Waals surface area contributed by atoms with Gasteiger partial charge in [-0.05, 0) is 38.8 Å². The number of aromatic nitrogens is 2. The van der Waals surface area contributed by atoms with Gasteiger partial charge in [0.2, 0.25) is 0 Å². The summed E-state index contributed by atoms with van der Waals surface area (Å²) >= 11 is 0. The van der Waals surface area contributed by atoms with Crippen LogP contribution >= 0.6 is 0 Å². The molecular weight excluding hydrogens is 336 g/mol. The molecule has 0 atom stereocenters. The van der Waals surface area contributed by atoms with E-state index in [1.165, 1.54) is 64.5 Å². The topological polar surface area (TPSA) is 108 Å². The van der Waals surface area contributed by atoms with E-state index < -0.39 is 11.9 Å². The molecule has 26 heavy (non-hydrogen) atoms. The van der Waals surface area contributed by atoms with E-state index in [9.17, 15) is 0 Å². The number of likely N-dealkylation sites (tertiary alicyclic amines) is 1. The predicted octanol–water partition coefficient (Wildman–Crippen LogP) is 2.44. The molecule has 146 valence electrons. The Morgan fingerprint density at radius 3 is 2.27 bits per heavy atom. The maximum atomic E-state index is 9.10. The fraction of sp³-hybridized carbons (Fsp3) is 0.722. The second-order valence-corrected chi connectivity index (χ2v) is 6.91. The lowest BCUT2D eigenvalue weighted by Gasteiger charge is -2.26. The van der Waals surface area contributed by atoms with Crippen molar-refractivity contribution in [3.63, 3.8) is 0 Å². The molecule has 2 aliphatic rings. The van der Waals surface area contributed by atoms with Gasteiger partial charge in [-0.15, -0.1) is 0 Å². The van der Waals surface area contributed by atoms with Gasteiger partial charge in [0.1, 0.15) is 5.82 Å². The van der Waals surface area contributed by atoms with E-state index in [4.69, 9.17) is 24.9 Å². The summed E-state index contributed by atoms with van der Waals surface area (Å²) < 4.78 is 2.18. The molecule has 8 nitrogen and oxygen atoms in total. The predicted molar refractivity (Wildman–Crippen MR) is 98.4 cm³/mol. The van der Waals surface area contributed by atoms with Gasteiger partial charge in [-0.25, -0.2) is 9.59 Å². The Hall–Kier alpha value is -2.09. The van der Waals surface area contributed by atoms with Crippen molar-refractivity contribution in [2.45, 2.75) is 57.4 Å². The maximum absolute atomic E-state index is 9.10. The Kier molecular flexibility index (Phi) is 8.40. The number of nitrogens with one attached hydrogen (secondary N) is 1. The number of carboxylic acids is 2. The van der Waals surface area contributed by atoms with Crippen molar-refractivity contribution in [2.24, 2.45) is 0 Å². The molecule has 0 unspecified atom stereocenters. The average Bonchev–Trinajstić information content (AvgIpc) is 3.13. The Morgan fingerprint density at radius 1 is 1.04 bits per heavy atom. The standard InChI is InChI=1S/C16H28N4.C2H2O4/c1-3-7-15(8-4-1)20-13-9-16(18-20)17-10-14-19-11-5-2-6-12-19;3-1(4)2(5)6/h9,13,15H,1-8,10-12,14H2,(H,17,18);(H,3,4)(H,5,6). The number of piperidine rings is 1. The van der Waals surface area contributed by atoms with Crippen LogP contribution in [0.3, 0.4) is 0 Å². The number of aliphatic carboxylic acids is 2. The quantitative estimate of drug-likeness (QED) is 0.687. The highest BCUT2D eigenvalue weighted by molar-refractivity contribution is 6.27. The highest BCUT2D eigenvalue weighted by Gasteiger charge is 2.16. The molecular formula is C18H30N4O4. The van der Waals surface area contributed by atoms with Crippen LogP contribution in [0.5, 0.6) is 0 Å². The van der Waals surface area contributed by atoms with E-state index in [-0.39, 0.29) is 0 Å². The molecule has 1 aliphatic heterocycles. The Morgan fingerprint density at radius 2 is 1.65 bits per heavy atom. The van der Waals surface area contributed by atoms with Gasteiger partial charge in [-0.1, -0.05) is 25.7 Å². The van der Waals surface area contributed by atoms with E-state index in [1.807, 2.05) is 0 Å². The number of hydrogen-bond donors (Lipinski definition) is 3. The van der Waals surface area contributed by atoms with E-state index in [1.54, 1.807) is 0 Å². The first-order chi connectivity index (χ1) is 12.6. The third kappa shape index (κ3) is 7.03. The average molecular weight is 366 g/mol. The van der Waals surface area contributed by atoms with E-state index >= 15 is 0 Å². The molecule has 0 amide bonds. The second-order valence-electron chi connectivity index (χ2n) is 6.91. The third-order valence-electron chi connectivity index (χ3n) is 4.92. The molecule has 1 aromatic rings. The zero-order chi connectivity index (χ0) is 18.8. The lowest BCUT2D eigenvalue weighted by Crippen LogP contribution is -2.33. The number of carboxylic acid groups (broad SMARTS) is 2. The molecule has 1 saturated heterocycles. The van der Waals surface area contributed by atoms with Crippen molar-refractivity contribution >= 4 is 17.8 Å². The Balaban J connectivity index is 0.000000352. The normalized spacial score (nSPS) is 18.6. The number of rotatable bonds is 5. The fourth-order valence-electron chi connectivity index (χ4n) is 3.51. The molecule has 0 bridgehead atoms. The van der Waals surface area contributed by atoms with Crippen LogP contribution < -0.4 is 5.32 Å². The summed E-state index contributed by atoms with van der Waals surface area (Å²) in [5.74, 6) is -2.60. The van der Waals surface area contributed by atoms with Crippen molar-refractivity contribution in [3.8, 4) is 0 Å². The first-order valence-electron chi connectivity index (χ1n) is 9.54. The minimum absolute atomic E-state index is 0.640. The second kappa shape index (κ2) is 10.8. The van der Waals surface area contributed by atoms with Gasteiger partial charge in [-0.3, -0.25) is 4.68 Å². The summed E-state index contributed by atoms with van der Waals surface area (Å²) in [6.07, 6.45) is 13.0. The summed E-state index contributed by atoms with van der Waals surface area (Å²) in [5.41, 5.74) is 0. The number of nitrogens with zero attached hydrogens (tertiary/aromatic N) is 3. The largest absolute Gasteiger partial charge is 0.473 e. The smallest absolute Gasteiger partial charge is 0.414 e. The monoisotopic (exact) mass is 366 g/mol. The first-order valence-corrected chi connectivity index (χ1v) is 9.54. The lowest BCUT2D eigenvalue weighted by atomic mass is 9.96. The molecule has 1 aromatic heterocycles. The van der Waals surface area contributed by atoms with E-state index in [2.05, 4.69) is 27.2 Å². The van der Waals surface area contributed by atoms with Crippen LogP contribution in [0.2, 0.25) is 0 Å². The van der Waals surface area contributed by atoms with Gasteiger partial charge in [-0.2, -0.15) is 5.10 Å². The number of carbonyl (C=O) groups is 2. The van der Waals surface area contributed by atoms with Crippen LogP contribution in [0.1, 0.15) is 57.4 Å². The van der Waals surface area contributed by atoms with Crippen molar-refractivity contribution < 1.29 is 19.8 Å². The van der Waals surface area contributed by atoms with E-state index in [0.29, 0.717) is 6.04 Å². The van der Waals surface area contributed by atoms with Crippen LogP contribution in [0.25, 0.3) is 0 Å². The first kappa shape index (κ1) is 20.2. The molecule has 8 heteroatoms. The molecule has 2 heterocycles. The molecule has 3 rings (SSSR count). The van der Waals surface area contributed by atoms with E-state index in [0.717, 1.165) is 18.9 Å². The summed E-state index contributed by atoms with van der Waals surface area (Å²) in [6, 6.07) is 2.77. The molecule has 0 spiro atoms. The summed E-state index contributed by atoms with van der Waals surface area (Å²) in [4.78, 5) is 20.8. The van der Waals surface area contributed by atoms with Gasteiger partial charge in [0.15, 0.2) is 0 Å². The molecule has 0 radical (unpaired) electrons. The molecule has 1 saturated carbocycles. The number of anilines is 1.